The molecule has 122 valence electrons. The van der Waals surface area contributed by atoms with Gasteiger partial charge in [-0.3, -0.25) is 0 Å². The van der Waals surface area contributed by atoms with Crippen LogP contribution in [-0.4, -0.2) is 24.8 Å². The topological polar surface area (TPSA) is 76.4 Å². The number of ether oxygens (including phenoxy) is 1. The largest absolute Gasteiger partial charge is 0.444 e. The van der Waals surface area contributed by atoms with E-state index in [0.29, 0.717) is 12.6 Å². The maximum Gasteiger partial charge on any atom is 0.407 e. The van der Waals surface area contributed by atoms with Crippen molar-refractivity contribution in [2.75, 3.05) is 18.8 Å². The molecule has 5 heteroatoms. The molecule has 1 aliphatic rings. The number of hydrogen-bond donors (Lipinski definition) is 3. The van der Waals surface area contributed by atoms with Crippen LogP contribution in [0.15, 0.2) is 18.2 Å². The summed E-state index contributed by atoms with van der Waals surface area (Å²) < 4.78 is 5.19. The Labute approximate surface area is 132 Å². The molecule has 0 aromatic heterocycles. The number of carbonyl (C=O) groups is 1. The minimum atomic E-state index is -0.447. The van der Waals surface area contributed by atoms with Crippen molar-refractivity contribution >= 4 is 11.8 Å². The molecule has 1 amide bonds. The van der Waals surface area contributed by atoms with Crippen molar-refractivity contribution in [3.8, 4) is 0 Å². The first kappa shape index (κ1) is 16.6. The Morgan fingerprint density at radius 2 is 2.14 bits per heavy atom. The molecule has 0 aliphatic heterocycles. The van der Waals surface area contributed by atoms with E-state index in [1.807, 2.05) is 26.8 Å². The van der Waals surface area contributed by atoms with Gasteiger partial charge in [0.05, 0.1) is 0 Å². The molecule has 0 heterocycles. The second-order valence-corrected chi connectivity index (χ2v) is 6.79. The van der Waals surface area contributed by atoms with E-state index in [-0.39, 0.29) is 6.09 Å². The molecule has 2 rings (SSSR count). The summed E-state index contributed by atoms with van der Waals surface area (Å²) in [6.07, 6.45) is 2.71. The van der Waals surface area contributed by atoms with Crippen LogP contribution in [0.3, 0.4) is 0 Å². The first-order chi connectivity index (χ1) is 10.3. The minimum Gasteiger partial charge on any atom is -0.444 e. The van der Waals surface area contributed by atoms with Crippen LogP contribution in [0.5, 0.6) is 0 Å². The van der Waals surface area contributed by atoms with E-state index in [1.54, 1.807) is 0 Å². The predicted molar refractivity (Wildman–Crippen MR) is 88.8 cm³/mol. The molecule has 0 bridgehead atoms. The number of hydrogen-bond acceptors (Lipinski definition) is 4. The fourth-order valence-corrected chi connectivity index (χ4v) is 2.72. The molecule has 0 fully saturated rings. The number of aryl methyl sites for hydroxylation is 1. The lowest BCUT2D eigenvalue weighted by Gasteiger charge is -2.20. The van der Waals surface area contributed by atoms with Gasteiger partial charge >= 0.3 is 6.09 Å². The van der Waals surface area contributed by atoms with Crippen LogP contribution in [0.2, 0.25) is 0 Å². The van der Waals surface area contributed by atoms with E-state index in [2.05, 4.69) is 22.8 Å². The van der Waals surface area contributed by atoms with Crippen LogP contribution in [0.4, 0.5) is 10.5 Å². The maximum atomic E-state index is 11.5. The van der Waals surface area contributed by atoms with Crippen molar-refractivity contribution in [1.82, 2.24) is 10.6 Å². The van der Waals surface area contributed by atoms with Gasteiger partial charge in [-0.2, -0.15) is 0 Å². The van der Waals surface area contributed by atoms with Crippen molar-refractivity contribution in [1.29, 1.82) is 0 Å². The highest BCUT2D eigenvalue weighted by Crippen LogP contribution is 2.32. The summed E-state index contributed by atoms with van der Waals surface area (Å²) in [6, 6.07) is 6.55. The third-order valence-electron chi connectivity index (χ3n) is 3.66. The Hall–Kier alpha value is -1.75. The fourth-order valence-electron chi connectivity index (χ4n) is 2.72. The lowest BCUT2D eigenvalue weighted by molar-refractivity contribution is 0.0527. The normalized spacial score (nSPS) is 17.1. The van der Waals surface area contributed by atoms with Crippen LogP contribution < -0.4 is 16.4 Å². The Balaban J connectivity index is 1.66. The van der Waals surface area contributed by atoms with E-state index in [0.717, 1.165) is 31.5 Å². The number of nitrogen functional groups attached to an aromatic ring is 1. The molecule has 1 aliphatic carbocycles. The number of rotatable bonds is 5. The van der Waals surface area contributed by atoms with Gasteiger partial charge in [0.2, 0.25) is 0 Å². The molecular formula is C17H27N3O2. The zero-order valence-corrected chi connectivity index (χ0v) is 13.7. The van der Waals surface area contributed by atoms with Gasteiger partial charge in [-0.25, -0.2) is 4.79 Å². The summed E-state index contributed by atoms with van der Waals surface area (Å²) in [5.41, 5.74) is 8.91. The molecule has 4 N–H and O–H groups in total. The highest BCUT2D eigenvalue weighted by Gasteiger charge is 2.21. The molecule has 22 heavy (non-hydrogen) atoms. The number of nitrogens with two attached hydrogens (primary N) is 1. The van der Waals surface area contributed by atoms with Gasteiger partial charge < -0.3 is 21.1 Å². The second-order valence-electron chi connectivity index (χ2n) is 6.79. The van der Waals surface area contributed by atoms with Crippen LogP contribution in [-0.2, 0) is 11.2 Å². The maximum absolute atomic E-state index is 11.5. The van der Waals surface area contributed by atoms with Gasteiger partial charge in [0.15, 0.2) is 0 Å². The highest BCUT2D eigenvalue weighted by molar-refractivity contribution is 5.67. The SMILES string of the molecule is CC(C)(C)OC(=O)NCCCNC1CCc2cc(N)ccc21. The van der Waals surface area contributed by atoms with E-state index in [4.69, 9.17) is 10.5 Å². The number of alkyl carbamates (subject to hydrolysis) is 1. The molecule has 1 aromatic carbocycles. The van der Waals surface area contributed by atoms with Crippen LogP contribution in [0.1, 0.15) is 50.8 Å². The third kappa shape index (κ3) is 4.91. The molecule has 1 unspecified atom stereocenters. The summed E-state index contributed by atoms with van der Waals surface area (Å²) in [5.74, 6) is 0. The van der Waals surface area contributed by atoms with E-state index in [1.165, 1.54) is 11.1 Å². The summed E-state index contributed by atoms with van der Waals surface area (Å²) in [5, 5.41) is 6.32. The number of fused-ring (bicyclic) bond motifs is 1. The highest BCUT2D eigenvalue weighted by atomic mass is 16.6. The lowest BCUT2D eigenvalue weighted by atomic mass is 10.1. The molecular weight excluding hydrogens is 278 g/mol. The van der Waals surface area contributed by atoms with Gasteiger partial charge in [0, 0.05) is 18.3 Å². The Morgan fingerprint density at radius 1 is 1.36 bits per heavy atom. The van der Waals surface area contributed by atoms with Gasteiger partial charge in [-0.05, 0) is 69.8 Å². The molecule has 0 radical (unpaired) electrons. The number of anilines is 1. The molecule has 0 saturated carbocycles. The standard InChI is InChI=1S/C17H27N3O2/c1-17(2,3)22-16(21)20-10-4-9-19-15-8-5-12-11-13(18)6-7-14(12)15/h6-7,11,15,19H,4-5,8-10,18H2,1-3H3,(H,20,21). The quantitative estimate of drug-likeness (QED) is 0.577. The average molecular weight is 305 g/mol. The summed E-state index contributed by atoms with van der Waals surface area (Å²) >= 11 is 0. The van der Waals surface area contributed by atoms with Crippen molar-refractivity contribution in [3.05, 3.63) is 29.3 Å². The van der Waals surface area contributed by atoms with Crippen molar-refractivity contribution in [3.63, 3.8) is 0 Å². The summed E-state index contributed by atoms with van der Waals surface area (Å²) in [7, 11) is 0. The van der Waals surface area contributed by atoms with Gasteiger partial charge in [0.1, 0.15) is 5.60 Å². The Kier molecular flexibility index (Phi) is 5.29. The molecule has 1 aromatic rings. The molecule has 0 saturated heterocycles. The summed E-state index contributed by atoms with van der Waals surface area (Å²) in [6.45, 7) is 7.06. The van der Waals surface area contributed by atoms with E-state index < -0.39 is 5.60 Å². The lowest BCUT2D eigenvalue weighted by Crippen LogP contribution is -2.34. The van der Waals surface area contributed by atoms with Gasteiger partial charge in [-0.1, -0.05) is 6.07 Å². The zero-order chi connectivity index (χ0) is 16.2. The van der Waals surface area contributed by atoms with Crippen molar-refractivity contribution < 1.29 is 9.53 Å². The third-order valence-corrected chi connectivity index (χ3v) is 3.66. The second kappa shape index (κ2) is 7.01. The predicted octanol–water partition coefficient (Wildman–Crippen LogP) is 2.76. The van der Waals surface area contributed by atoms with Crippen LogP contribution >= 0.6 is 0 Å². The van der Waals surface area contributed by atoms with E-state index in [9.17, 15) is 4.79 Å². The first-order valence-corrected chi connectivity index (χ1v) is 7.94. The fraction of sp³-hybridized carbons (Fsp3) is 0.588. The van der Waals surface area contributed by atoms with Crippen LogP contribution in [0, 0.1) is 0 Å². The number of amides is 1. The Bertz CT molecular complexity index is 523. The van der Waals surface area contributed by atoms with Gasteiger partial charge in [-0.15, -0.1) is 0 Å². The summed E-state index contributed by atoms with van der Waals surface area (Å²) in [4.78, 5) is 11.5. The van der Waals surface area contributed by atoms with Gasteiger partial charge in [0.25, 0.3) is 0 Å². The zero-order valence-electron chi connectivity index (χ0n) is 13.7. The Morgan fingerprint density at radius 3 is 2.86 bits per heavy atom. The first-order valence-electron chi connectivity index (χ1n) is 7.94. The average Bonchev–Trinajstić information content (AvgIpc) is 2.78. The molecule has 0 spiro atoms. The number of nitrogens with one attached hydrogen (secondary N) is 2. The van der Waals surface area contributed by atoms with E-state index >= 15 is 0 Å². The smallest absolute Gasteiger partial charge is 0.407 e. The number of benzene rings is 1. The van der Waals surface area contributed by atoms with Crippen LogP contribution in [0.25, 0.3) is 0 Å². The number of carbonyl (C=O) groups excluding carboxylic acids is 1. The van der Waals surface area contributed by atoms with Crippen molar-refractivity contribution in [2.24, 2.45) is 0 Å². The monoisotopic (exact) mass is 305 g/mol. The van der Waals surface area contributed by atoms with Crippen molar-refractivity contribution in [2.45, 2.75) is 51.7 Å². The minimum absolute atomic E-state index is 0.353. The molecule has 1 atom stereocenters. The molecule has 5 nitrogen and oxygen atoms in total.